The van der Waals surface area contributed by atoms with Crippen LogP contribution in [-0.2, 0) is 35.5 Å². The fourth-order valence-electron chi connectivity index (χ4n) is 5.57. The van der Waals surface area contributed by atoms with Gasteiger partial charge in [0.05, 0.1) is 33.0 Å². The second-order valence-corrected chi connectivity index (χ2v) is 12.6. The first kappa shape index (κ1) is 32.6. The number of halogens is 3. The largest absolute Gasteiger partial charge is 0.497 e. The zero-order valence-electron chi connectivity index (χ0n) is 26.9. The molecule has 0 radical (unpaired) electrons. The van der Waals surface area contributed by atoms with Crippen molar-refractivity contribution in [2.24, 2.45) is 5.41 Å². The molecule has 11 heteroatoms. The molecule has 0 amide bonds. The minimum atomic E-state index is -4.45. The van der Waals surface area contributed by atoms with Gasteiger partial charge >= 0.3 is 6.18 Å². The van der Waals surface area contributed by atoms with Crippen LogP contribution in [0.1, 0.15) is 49.0 Å². The highest BCUT2D eigenvalue weighted by Gasteiger charge is 2.39. The maximum atomic E-state index is 14.0. The van der Waals surface area contributed by atoms with Crippen molar-refractivity contribution >= 4 is 16.9 Å². The third-order valence-electron chi connectivity index (χ3n) is 8.23. The summed E-state index contributed by atoms with van der Waals surface area (Å²) in [5, 5.41) is 0. The SMILES string of the molecule is COc1ccc(CN(Cc2ccc(OC)cc2)c2nc(C)c(C)c3c2nc(CC(F)(F)F)n3CC2(C)COC(C)(C)OC2)cc1. The van der Waals surface area contributed by atoms with E-state index in [1.54, 1.807) is 18.8 Å². The summed E-state index contributed by atoms with van der Waals surface area (Å²) in [6, 6.07) is 15.4. The molecule has 8 nitrogen and oxygen atoms in total. The first-order valence-electron chi connectivity index (χ1n) is 14.9. The average molecular weight is 627 g/mol. The molecule has 4 aromatic rings. The van der Waals surface area contributed by atoms with Gasteiger partial charge in [-0.25, -0.2) is 9.97 Å². The molecule has 1 aliphatic heterocycles. The lowest BCUT2D eigenvalue weighted by atomic mass is 9.91. The van der Waals surface area contributed by atoms with E-state index in [1.165, 1.54) is 0 Å². The highest BCUT2D eigenvalue weighted by Crippen LogP contribution is 2.37. The lowest BCUT2D eigenvalue weighted by molar-refractivity contribution is -0.284. The molecule has 0 spiro atoms. The molecule has 0 N–H and O–H groups in total. The number of fused-ring (bicyclic) bond motifs is 1. The summed E-state index contributed by atoms with van der Waals surface area (Å²) < 4.78 is 66.3. The van der Waals surface area contributed by atoms with Crippen LogP contribution in [0.5, 0.6) is 11.5 Å². The Bertz CT molecular complexity index is 1570. The molecule has 1 saturated heterocycles. The van der Waals surface area contributed by atoms with E-state index in [9.17, 15) is 13.2 Å². The van der Waals surface area contributed by atoms with Crippen molar-refractivity contribution in [2.75, 3.05) is 32.3 Å². The van der Waals surface area contributed by atoms with Crippen molar-refractivity contribution in [3.05, 3.63) is 76.7 Å². The normalized spacial score (nSPS) is 16.1. The van der Waals surface area contributed by atoms with Gasteiger partial charge in [-0.3, -0.25) is 0 Å². The summed E-state index contributed by atoms with van der Waals surface area (Å²) in [6.45, 7) is 11.2. The Balaban J connectivity index is 1.65. The van der Waals surface area contributed by atoms with E-state index in [4.69, 9.17) is 28.9 Å². The molecule has 0 bridgehead atoms. The zero-order chi connectivity index (χ0) is 32.6. The Morgan fingerprint density at radius 1 is 0.844 bits per heavy atom. The molecule has 242 valence electrons. The van der Waals surface area contributed by atoms with E-state index in [2.05, 4.69) is 4.90 Å². The number of nitrogens with zero attached hydrogens (tertiary/aromatic N) is 4. The van der Waals surface area contributed by atoms with Crippen molar-refractivity contribution in [1.29, 1.82) is 0 Å². The Kier molecular flexibility index (Phi) is 9.06. The van der Waals surface area contributed by atoms with Crippen LogP contribution in [0.2, 0.25) is 0 Å². The molecule has 3 heterocycles. The Hall–Kier alpha value is -3.83. The van der Waals surface area contributed by atoms with Gasteiger partial charge in [-0.05, 0) is 68.7 Å². The Morgan fingerprint density at radius 2 is 1.36 bits per heavy atom. The van der Waals surface area contributed by atoms with Crippen LogP contribution in [0.4, 0.5) is 19.0 Å². The summed E-state index contributed by atoms with van der Waals surface area (Å²) >= 11 is 0. The van der Waals surface area contributed by atoms with Crippen LogP contribution in [0, 0.1) is 19.3 Å². The average Bonchev–Trinajstić information content (AvgIpc) is 3.33. The van der Waals surface area contributed by atoms with Gasteiger partial charge in [0.2, 0.25) is 0 Å². The fraction of sp³-hybridized carbons (Fsp3) is 0.471. The Labute approximate surface area is 262 Å². The second kappa shape index (κ2) is 12.5. The van der Waals surface area contributed by atoms with Gasteiger partial charge < -0.3 is 28.4 Å². The van der Waals surface area contributed by atoms with Crippen molar-refractivity contribution in [3.8, 4) is 11.5 Å². The van der Waals surface area contributed by atoms with Gasteiger partial charge in [0.15, 0.2) is 11.6 Å². The van der Waals surface area contributed by atoms with E-state index < -0.39 is 23.8 Å². The predicted octanol–water partition coefficient (Wildman–Crippen LogP) is 7.17. The molecule has 0 aliphatic carbocycles. The van der Waals surface area contributed by atoms with Gasteiger partial charge in [0, 0.05) is 30.7 Å². The number of benzene rings is 2. The number of hydrogen-bond donors (Lipinski definition) is 0. The van der Waals surface area contributed by atoms with E-state index in [0.29, 0.717) is 48.8 Å². The third kappa shape index (κ3) is 7.53. The molecule has 45 heavy (non-hydrogen) atoms. The number of pyridine rings is 1. The Morgan fingerprint density at radius 3 is 1.82 bits per heavy atom. The van der Waals surface area contributed by atoms with Crippen molar-refractivity contribution in [1.82, 2.24) is 14.5 Å². The van der Waals surface area contributed by atoms with Gasteiger partial charge in [0.25, 0.3) is 0 Å². The van der Waals surface area contributed by atoms with Crippen molar-refractivity contribution < 1.29 is 32.1 Å². The molecule has 2 aromatic heterocycles. The van der Waals surface area contributed by atoms with Crippen molar-refractivity contribution in [3.63, 3.8) is 0 Å². The van der Waals surface area contributed by atoms with Gasteiger partial charge in [-0.2, -0.15) is 13.2 Å². The molecular weight excluding hydrogens is 585 g/mol. The maximum Gasteiger partial charge on any atom is 0.396 e. The molecule has 1 fully saturated rings. The monoisotopic (exact) mass is 626 g/mol. The summed E-state index contributed by atoms with van der Waals surface area (Å²) in [5.74, 6) is 1.17. The minimum Gasteiger partial charge on any atom is -0.497 e. The zero-order valence-corrected chi connectivity index (χ0v) is 26.9. The maximum absolute atomic E-state index is 14.0. The van der Waals surface area contributed by atoms with E-state index >= 15 is 0 Å². The fourth-order valence-corrected chi connectivity index (χ4v) is 5.57. The van der Waals surface area contributed by atoms with Crippen LogP contribution >= 0.6 is 0 Å². The van der Waals surface area contributed by atoms with Crippen LogP contribution in [0.3, 0.4) is 0 Å². The molecule has 0 saturated carbocycles. The lowest BCUT2D eigenvalue weighted by Crippen LogP contribution is -2.47. The number of methoxy groups -OCH3 is 2. The molecule has 2 aromatic carbocycles. The first-order chi connectivity index (χ1) is 21.2. The number of hydrogen-bond acceptors (Lipinski definition) is 7. The summed E-state index contributed by atoms with van der Waals surface area (Å²) in [7, 11) is 3.23. The number of ether oxygens (including phenoxy) is 4. The number of aryl methyl sites for hydroxylation is 2. The van der Waals surface area contributed by atoms with Crippen LogP contribution in [0.25, 0.3) is 11.0 Å². The van der Waals surface area contributed by atoms with Gasteiger partial charge in [-0.15, -0.1) is 0 Å². The van der Waals surface area contributed by atoms with Crippen LogP contribution in [0.15, 0.2) is 48.5 Å². The standard InChI is InChI=1S/C34H41F3N4O4/c1-22-23(2)38-31(40(17-24-8-12-26(42-6)13-9-24)18-25-10-14-27(43-7)15-11-25)29-30(22)41(28(39-29)16-34(35,36)37)19-33(5)20-44-32(3,4)45-21-33/h8-15H,16-21H2,1-7H3. The highest BCUT2D eigenvalue weighted by atomic mass is 19.4. The first-order valence-corrected chi connectivity index (χ1v) is 14.9. The third-order valence-corrected chi connectivity index (χ3v) is 8.23. The number of imidazole rings is 1. The van der Waals surface area contributed by atoms with Crippen LogP contribution in [-0.4, -0.2) is 53.9 Å². The molecule has 0 atom stereocenters. The molecule has 5 rings (SSSR count). The van der Waals surface area contributed by atoms with Crippen molar-refractivity contribution in [2.45, 2.75) is 72.6 Å². The van der Waals surface area contributed by atoms with Crippen LogP contribution < -0.4 is 14.4 Å². The summed E-state index contributed by atoms with van der Waals surface area (Å²) in [4.78, 5) is 11.7. The molecule has 0 unspecified atom stereocenters. The minimum absolute atomic E-state index is 0.0610. The number of aromatic nitrogens is 3. The lowest BCUT2D eigenvalue weighted by Gasteiger charge is -2.41. The number of anilines is 1. The molecular formula is C34H41F3N4O4. The highest BCUT2D eigenvalue weighted by molar-refractivity contribution is 5.90. The van der Waals surface area contributed by atoms with Gasteiger partial charge in [0.1, 0.15) is 29.3 Å². The van der Waals surface area contributed by atoms with Gasteiger partial charge in [-0.1, -0.05) is 31.2 Å². The number of rotatable bonds is 10. The second-order valence-electron chi connectivity index (χ2n) is 12.6. The van der Waals surface area contributed by atoms with E-state index in [1.807, 2.05) is 83.1 Å². The summed E-state index contributed by atoms with van der Waals surface area (Å²) in [6.07, 6.45) is -5.62. The summed E-state index contributed by atoms with van der Waals surface area (Å²) in [5.41, 5.74) is 3.97. The topological polar surface area (TPSA) is 70.9 Å². The number of alkyl halides is 3. The van der Waals surface area contributed by atoms with E-state index in [-0.39, 0.29) is 12.4 Å². The predicted molar refractivity (Wildman–Crippen MR) is 167 cm³/mol. The smallest absolute Gasteiger partial charge is 0.396 e. The molecule has 1 aliphatic rings. The van der Waals surface area contributed by atoms with E-state index in [0.717, 1.165) is 28.2 Å². The quantitative estimate of drug-likeness (QED) is 0.185.